The van der Waals surface area contributed by atoms with Gasteiger partial charge in [-0.1, -0.05) is 206 Å². The maximum atomic E-state index is 9.80. The number of rotatable bonds is 3. The Morgan fingerprint density at radius 2 is 0.591 bits per heavy atom. The van der Waals surface area contributed by atoms with Gasteiger partial charge in [-0.25, -0.2) is 9.97 Å². The van der Waals surface area contributed by atoms with Crippen LogP contribution in [0.3, 0.4) is 0 Å². The van der Waals surface area contributed by atoms with E-state index in [1.165, 1.54) is 54.2 Å². The molecule has 66 heavy (non-hydrogen) atoms. The van der Waals surface area contributed by atoms with Crippen molar-refractivity contribution in [3.63, 3.8) is 0 Å². The van der Waals surface area contributed by atoms with Crippen LogP contribution >= 0.6 is 0 Å². The van der Waals surface area contributed by atoms with Gasteiger partial charge in [0, 0.05) is 54.2 Å². The van der Waals surface area contributed by atoms with Crippen molar-refractivity contribution in [2.45, 2.75) is 0 Å². The van der Waals surface area contributed by atoms with Crippen LogP contribution in [0, 0.1) is 0 Å². The van der Waals surface area contributed by atoms with E-state index >= 15 is 0 Å². The van der Waals surface area contributed by atoms with Crippen LogP contribution in [0.15, 0.2) is 231 Å². The number of aromatic nitrogens is 2. The number of benzene rings is 11. The topological polar surface area (TPSA) is 55.2 Å². The smallest absolute Gasteiger partial charge is 0.118 e. The molecule has 0 fully saturated rings. The van der Waals surface area contributed by atoms with E-state index in [1.54, 1.807) is 19.2 Å². The SMILES string of the molecule is COc1ccc(-c2c3ccc4ccccc4c3nc3c2ccc2ccccc23)cc1.Oc1ccc(-c2c3ccc4ccccc4c3nc3c2ccc2ccccc23)cc1.[Cl-].c1ccccc1. The summed E-state index contributed by atoms with van der Waals surface area (Å²) in [5.41, 5.74) is 8.72. The van der Waals surface area contributed by atoms with E-state index < -0.39 is 0 Å². The first-order valence-electron chi connectivity index (χ1n) is 21.8. The fourth-order valence-electron chi connectivity index (χ4n) is 9.22. The molecule has 0 amide bonds. The standard InChI is InChI=1S/C28H19NO.C27H17NO.C6H6.ClH/c1-30-21-14-10-20(11-15-21)26-24-16-12-18-6-2-4-8-22(18)27(24)29-28-23-9-5-3-7-19(23)13-17-25(26)28;29-20-13-9-19(10-14-20)25-23-15-11-17-5-1-3-7-21(17)26(23)28-27-22-8-4-2-6-18(22)12-16-24(25)27;1-2-4-6-5-3-1;/h2-17H,1H3;1-16,29H;1-6H;1H/p-1. The number of phenols is 1. The van der Waals surface area contributed by atoms with Crippen LogP contribution in [-0.2, 0) is 0 Å². The van der Waals surface area contributed by atoms with Crippen molar-refractivity contribution in [2.75, 3.05) is 7.11 Å². The molecule has 2 heterocycles. The molecule has 0 saturated heterocycles. The van der Waals surface area contributed by atoms with Crippen molar-refractivity contribution in [1.29, 1.82) is 0 Å². The van der Waals surface area contributed by atoms with Crippen LogP contribution in [0.5, 0.6) is 11.5 Å². The van der Waals surface area contributed by atoms with E-state index in [1.807, 2.05) is 60.7 Å². The van der Waals surface area contributed by atoms with Gasteiger partial charge in [-0.3, -0.25) is 0 Å². The van der Waals surface area contributed by atoms with Gasteiger partial charge in [-0.15, -0.1) is 0 Å². The molecule has 0 aliphatic heterocycles. The third kappa shape index (κ3) is 7.64. The minimum Gasteiger partial charge on any atom is -1.00 e. The fourth-order valence-corrected chi connectivity index (χ4v) is 9.22. The number of aromatic hydroxyl groups is 1. The number of phenolic OH excluding ortho intramolecular Hbond substituents is 1. The number of methoxy groups -OCH3 is 1. The van der Waals surface area contributed by atoms with E-state index in [2.05, 4.69) is 158 Å². The van der Waals surface area contributed by atoms with Crippen LogP contribution in [-0.4, -0.2) is 22.2 Å². The molecular formula is C61H42ClN2O2-. The second-order valence-electron chi connectivity index (χ2n) is 16.1. The fraction of sp³-hybridized carbons (Fsp3) is 0.0164. The highest BCUT2D eigenvalue weighted by atomic mass is 35.5. The summed E-state index contributed by atoms with van der Waals surface area (Å²) in [6.07, 6.45) is 0. The minimum absolute atomic E-state index is 0. The molecule has 13 rings (SSSR count). The highest BCUT2D eigenvalue weighted by Gasteiger charge is 2.17. The van der Waals surface area contributed by atoms with Gasteiger partial charge in [0.15, 0.2) is 0 Å². The lowest BCUT2D eigenvalue weighted by Crippen LogP contribution is -3.00. The van der Waals surface area contributed by atoms with Crippen molar-refractivity contribution in [3.05, 3.63) is 231 Å². The van der Waals surface area contributed by atoms with Crippen LogP contribution in [0.2, 0.25) is 0 Å². The highest BCUT2D eigenvalue weighted by molar-refractivity contribution is 6.22. The molecule has 5 heteroatoms. The molecule has 0 unspecified atom stereocenters. The summed E-state index contributed by atoms with van der Waals surface area (Å²) < 4.78 is 5.38. The lowest BCUT2D eigenvalue weighted by Gasteiger charge is -2.15. The molecule has 4 nitrogen and oxygen atoms in total. The molecule has 0 atom stereocenters. The summed E-state index contributed by atoms with van der Waals surface area (Å²) >= 11 is 0. The first-order valence-corrected chi connectivity index (χ1v) is 21.8. The van der Waals surface area contributed by atoms with Gasteiger partial charge in [0.1, 0.15) is 11.5 Å². The second-order valence-corrected chi connectivity index (χ2v) is 16.1. The molecule has 0 spiro atoms. The Labute approximate surface area is 388 Å². The first-order chi connectivity index (χ1) is 32.1. The summed E-state index contributed by atoms with van der Waals surface area (Å²) in [6, 6.07) is 79.0. The minimum atomic E-state index is 0. The summed E-state index contributed by atoms with van der Waals surface area (Å²) in [7, 11) is 1.70. The zero-order valence-corrected chi connectivity index (χ0v) is 36.8. The van der Waals surface area contributed by atoms with Crippen molar-refractivity contribution < 1.29 is 22.3 Å². The monoisotopic (exact) mass is 869 g/mol. The molecule has 13 aromatic rings. The molecular weight excluding hydrogens is 828 g/mol. The van der Waals surface area contributed by atoms with Crippen molar-refractivity contribution in [1.82, 2.24) is 9.97 Å². The quantitative estimate of drug-likeness (QED) is 0.142. The molecule has 11 aromatic carbocycles. The van der Waals surface area contributed by atoms with Gasteiger partial charge in [-0.2, -0.15) is 0 Å². The Balaban J connectivity index is 0.000000136. The number of hydrogen-bond donors (Lipinski definition) is 1. The Morgan fingerprint density at radius 3 is 0.894 bits per heavy atom. The Morgan fingerprint density at radius 1 is 0.303 bits per heavy atom. The molecule has 0 saturated carbocycles. The number of hydrogen-bond acceptors (Lipinski definition) is 4. The Hall–Kier alpha value is -8.31. The summed E-state index contributed by atoms with van der Waals surface area (Å²) in [4.78, 5) is 10.4. The van der Waals surface area contributed by atoms with Crippen molar-refractivity contribution in [3.8, 4) is 33.8 Å². The average Bonchev–Trinajstić information content (AvgIpc) is 3.38. The van der Waals surface area contributed by atoms with Gasteiger partial charge < -0.3 is 22.3 Å². The number of pyridine rings is 2. The normalized spacial score (nSPS) is 11.0. The van der Waals surface area contributed by atoms with Crippen LogP contribution in [0.25, 0.3) is 109 Å². The lowest BCUT2D eigenvalue weighted by molar-refractivity contribution is -0.0000135. The number of nitrogens with zero attached hydrogens (tertiary/aromatic N) is 2. The van der Waals surface area contributed by atoms with Gasteiger partial charge in [0.25, 0.3) is 0 Å². The third-order valence-corrected chi connectivity index (χ3v) is 12.3. The molecule has 316 valence electrons. The second kappa shape index (κ2) is 18.1. The van der Waals surface area contributed by atoms with Gasteiger partial charge >= 0.3 is 0 Å². The van der Waals surface area contributed by atoms with E-state index in [0.29, 0.717) is 0 Å². The largest absolute Gasteiger partial charge is 1.00 e. The van der Waals surface area contributed by atoms with Crippen LogP contribution in [0.4, 0.5) is 0 Å². The predicted octanol–water partition coefficient (Wildman–Crippen LogP) is 13.1. The van der Waals surface area contributed by atoms with Crippen molar-refractivity contribution in [2.24, 2.45) is 0 Å². The molecule has 2 aromatic heterocycles. The molecule has 0 aliphatic rings. The van der Waals surface area contributed by atoms with Gasteiger partial charge in [0.05, 0.1) is 29.2 Å². The van der Waals surface area contributed by atoms with Crippen LogP contribution in [0.1, 0.15) is 0 Å². The maximum Gasteiger partial charge on any atom is 0.118 e. The average molecular weight is 870 g/mol. The highest BCUT2D eigenvalue weighted by Crippen LogP contribution is 2.42. The Kier molecular flexibility index (Phi) is 11.4. The molecule has 1 N–H and O–H groups in total. The number of ether oxygens (including phenoxy) is 1. The summed E-state index contributed by atoms with van der Waals surface area (Å²) in [6.45, 7) is 0. The summed E-state index contributed by atoms with van der Waals surface area (Å²) in [5.74, 6) is 1.13. The maximum absolute atomic E-state index is 9.80. The lowest BCUT2D eigenvalue weighted by atomic mass is 9.92. The molecule has 0 aliphatic carbocycles. The third-order valence-electron chi connectivity index (χ3n) is 12.3. The van der Waals surface area contributed by atoms with Crippen LogP contribution < -0.4 is 17.1 Å². The zero-order chi connectivity index (χ0) is 43.7. The summed E-state index contributed by atoms with van der Waals surface area (Å²) in [5, 5.41) is 23.8. The zero-order valence-electron chi connectivity index (χ0n) is 36.1. The molecule has 0 bridgehead atoms. The number of fused-ring (bicyclic) bond motifs is 12. The predicted molar refractivity (Wildman–Crippen MR) is 274 cm³/mol. The Bertz CT molecular complexity index is 3660. The molecule has 0 radical (unpaired) electrons. The van der Waals surface area contributed by atoms with E-state index in [4.69, 9.17) is 14.7 Å². The van der Waals surface area contributed by atoms with E-state index in [0.717, 1.165) is 60.5 Å². The van der Waals surface area contributed by atoms with Crippen molar-refractivity contribution >= 4 is 86.7 Å². The van der Waals surface area contributed by atoms with E-state index in [-0.39, 0.29) is 18.2 Å². The van der Waals surface area contributed by atoms with Gasteiger partial charge in [-0.05, 0) is 56.9 Å². The van der Waals surface area contributed by atoms with E-state index in [9.17, 15) is 5.11 Å². The number of halogens is 1. The van der Waals surface area contributed by atoms with Gasteiger partial charge in [0.2, 0.25) is 0 Å². The first kappa shape index (κ1) is 41.7.